The molecule has 1 heterocycles. The molecule has 1 saturated heterocycles. The molecular formula is C15H23N3O. The molecule has 1 aromatic carbocycles. The van der Waals surface area contributed by atoms with Gasteiger partial charge < -0.3 is 15.4 Å². The molecule has 0 saturated carbocycles. The zero-order chi connectivity index (χ0) is 13.7. The van der Waals surface area contributed by atoms with Crippen molar-refractivity contribution in [3.63, 3.8) is 0 Å². The van der Waals surface area contributed by atoms with Crippen LogP contribution in [0.5, 0.6) is 5.75 Å². The molecule has 0 unspecified atom stereocenters. The largest absolute Gasteiger partial charge is 0.497 e. The van der Waals surface area contributed by atoms with Crippen molar-refractivity contribution in [1.29, 1.82) is 0 Å². The monoisotopic (exact) mass is 261 g/mol. The number of ether oxygens (including phenoxy) is 1. The number of nitrogens with two attached hydrogens (primary N) is 1. The van der Waals surface area contributed by atoms with Gasteiger partial charge in [-0.15, -0.1) is 0 Å². The summed E-state index contributed by atoms with van der Waals surface area (Å²) in [7, 11) is 1.67. The molecule has 2 N–H and O–H groups in total. The normalized spacial score (nSPS) is 17.6. The summed E-state index contributed by atoms with van der Waals surface area (Å²) in [4.78, 5) is 6.66. The SMILES string of the molecule is COc1cccc(CN=C(N)N2CCC(C)CC2)c1. The van der Waals surface area contributed by atoms with Crippen LogP contribution in [-0.2, 0) is 6.54 Å². The van der Waals surface area contributed by atoms with Gasteiger partial charge in [0.05, 0.1) is 13.7 Å². The number of rotatable bonds is 3. The van der Waals surface area contributed by atoms with Crippen LogP contribution in [0, 0.1) is 5.92 Å². The van der Waals surface area contributed by atoms with Gasteiger partial charge in [-0.05, 0) is 36.5 Å². The molecule has 1 aliphatic rings. The predicted octanol–water partition coefficient (Wildman–Crippen LogP) is 2.24. The molecule has 104 valence electrons. The summed E-state index contributed by atoms with van der Waals surface area (Å²) < 4.78 is 5.20. The van der Waals surface area contributed by atoms with E-state index in [-0.39, 0.29) is 0 Å². The van der Waals surface area contributed by atoms with Gasteiger partial charge >= 0.3 is 0 Å². The highest BCUT2D eigenvalue weighted by Gasteiger charge is 2.16. The van der Waals surface area contributed by atoms with Crippen molar-refractivity contribution in [3.05, 3.63) is 29.8 Å². The molecule has 19 heavy (non-hydrogen) atoms. The van der Waals surface area contributed by atoms with Gasteiger partial charge in [-0.2, -0.15) is 0 Å². The fourth-order valence-electron chi connectivity index (χ4n) is 2.28. The van der Waals surface area contributed by atoms with E-state index >= 15 is 0 Å². The number of hydrogen-bond donors (Lipinski definition) is 1. The lowest BCUT2D eigenvalue weighted by Crippen LogP contribution is -2.42. The van der Waals surface area contributed by atoms with Gasteiger partial charge in [-0.1, -0.05) is 19.1 Å². The maximum Gasteiger partial charge on any atom is 0.191 e. The fraction of sp³-hybridized carbons (Fsp3) is 0.533. The Kier molecular flexibility index (Phi) is 4.66. The van der Waals surface area contributed by atoms with Crippen LogP contribution >= 0.6 is 0 Å². The standard InChI is InChI=1S/C15H23N3O/c1-12-6-8-18(9-7-12)15(16)17-11-13-4-3-5-14(10-13)19-2/h3-5,10,12H,6-9,11H2,1-2H3,(H2,16,17). The Morgan fingerprint density at radius 2 is 2.16 bits per heavy atom. The third-order valence-electron chi connectivity index (χ3n) is 3.67. The number of nitrogens with zero attached hydrogens (tertiary/aromatic N) is 2. The molecule has 0 amide bonds. The minimum atomic E-state index is 0.606. The summed E-state index contributed by atoms with van der Waals surface area (Å²) >= 11 is 0. The first-order valence-electron chi connectivity index (χ1n) is 6.87. The van der Waals surface area contributed by atoms with Crippen LogP contribution in [0.15, 0.2) is 29.3 Å². The van der Waals surface area contributed by atoms with Crippen LogP contribution < -0.4 is 10.5 Å². The second-order valence-electron chi connectivity index (χ2n) is 5.20. The Hall–Kier alpha value is -1.71. The fourth-order valence-corrected chi connectivity index (χ4v) is 2.28. The number of methoxy groups -OCH3 is 1. The summed E-state index contributed by atoms with van der Waals surface area (Å²) in [6.45, 7) is 4.94. The van der Waals surface area contributed by atoms with Crippen molar-refractivity contribution in [2.45, 2.75) is 26.3 Å². The summed E-state index contributed by atoms with van der Waals surface area (Å²) in [5, 5.41) is 0. The molecule has 1 aromatic rings. The Balaban J connectivity index is 1.93. The summed E-state index contributed by atoms with van der Waals surface area (Å²) in [5.41, 5.74) is 7.18. The average molecular weight is 261 g/mol. The van der Waals surface area contributed by atoms with E-state index in [9.17, 15) is 0 Å². The zero-order valence-electron chi connectivity index (χ0n) is 11.8. The zero-order valence-corrected chi connectivity index (χ0v) is 11.8. The molecular weight excluding hydrogens is 238 g/mol. The number of guanidine groups is 1. The maximum absolute atomic E-state index is 6.06. The number of piperidine rings is 1. The van der Waals surface area contributed by atoms with Crippen molar-refractivity contribution >= 4 is 5.96 Å². The summed E-state index contributed by atoms with van der Waals surface area (Å²) in [6, 6.07) is 7.94. The Bertz CT molecular complexity index is 437. The number of hydrogen-bond acceptors (Lipinski definition) is 2. The van der Waals surface area contributed by atoms with Gasteiger partial charge in [0.25, 0.3) is 0 Å². The minimum absolute atomic E-state index is 0.606. The lowest BCUT2D eigenvalue weighted by Gasteiger charge is -2.31. The van der Waals surface area contributed by atoms with Crippen LogP contribution in [-0.4, -0.2) is 31.1 Å². The molecule has 2 rings (SSSR count). The third-order valence-corrected chi connectivity index (χ3v) is 3.67. The van der Waals surface area contributed by atoms with Crippen molar-refractivity contribution < 1.29 is 4.74 Å². The first kappa shape index (κ1) is 13.7. The van der Waals surface area contributed by atoms with Gasteiger partial charge in [0.15, 0.2) is 5.96 Å². The topological polar surface area (TPSA) is 50.9 Å². The minimum Gasteiger partial charge on any atom is -0.497 e. The van der Waals surface area contributed by atoms with E-state index < -0.39 is 0 Å². The van der Waals surface area contributed by atoms with Crippen molar-refractivity contribution in [3.8, 4) is 5.75 Å². The van der Waals surface area contributed by atoms with E-state index in [1.54, 1.807) is 7.11 Å². The van der Waals surface area contributed by atoms with E-state index in [0.29, 0.717) is 12.5 Å². The van der Waals surface area contributed by atoms with Crippen molar-refractivity contribution in [2.24, 2.45) is 16.6 Å². The average Bonchev–Trinajstić information content (AvgIpc) is 2.46. The van der Waals surface area contributed by atoms with Gasteiger partial charge in [-0.25, -0.2) is 4.99 Å². The smallest absolute Gasteiger partial charge is 0.191 e. The predicted molar refractivity (Wildman–Crippen MR) is 78.3 cm³/mol. The van der Waals surface area contributed by atoms with Gasteiger partial charge in [-0.3, -0.25) is 0 Å². The molecule has 0 aromatic heterocycles. The highest BCUT2D eigenvalue weighted by atomic mass is 16.5. The molecule has 4 heteroatoms. The molecule has 0 aliphatic carbocycles. The van der Waals surface area contributed by atoms with Crippen LogP contribution in [0.4, 0.5) is 0 Å². The van der Waals surface area contributed by atoms with Crippen LogP contribution in [0.25, 0.3) is 0 Å². The maximum atomic E-state index is 6.06. The molecule has 4 nitrogen and oxygen atoms in total. The van der Waals surface area contributed by atoms with E-state index in [4.69, 9.17) is 10.5 Å². The van der Waals surface area contributed by atoms with E-state index in [2.05, 4.69) is 16.8 Å². The van der Waals surface area contributed by atoms with E-state index in [1.165, 1.54) is 12.8 Å². The van der Waals surface area contributed by atoms with Crippen LogP contribution in [0.2, 0.25) is 0 Å². The first-order valence-corrected chi connectivity index (χ1v) is 6.87. The second kappa shape index (κ2) is 6.45. The lowest BCUT2D eigenvalue weighted by molar-refractivity contribution is 0.277. The molecule has 0 radical (unpaired) electrons. The highest BCUT2D eigenvalue weighted by Crippen LogP contribution is 2.16. The number of benzene rings is 1. The van der Waals surface area contributed by atoms with Gasteiger partial charge in [0.1, 0.15) is 5.75 Å². The molecule has 0 spiro atoms. The Morgan fingerprint density at radius 3 is 2.84 bits per heavy atom. The Morgan fingerprint density at radius 1 is 1.42 bits per heavy atom. The molecule has 1 fully saturated rings. The lowest BCUT2D eigenvalue weighted by atomic mass is 10.00. The molecule has 1 aliphatic heterocycles. The van der Waals surface area contributed by atoms with Gasteiger partial charge in [0.2, 0.25) is 0 Å². The number of likely N-dealkylation sites (tertiary alicyclic amines) is 1. The molecule has 0 bridgehead atoms. The van der Waals surface area contributed by atoms with Crippen LogP contribution in [0.1, 0.15) is 25.3 Å². The van der Waals surface area contributed by atoms with E-state index in [1.807, 2.05) is 24.3 Å². The third kappa shape index (κ3) is 3.88. The van der Waals surface area contributed by atoms with E-state index in [0.717, 1.165) is 30.3 Å². The second-order valence-corrected chi connectivity index (χ2v) is 5.20. The van der Waals surface area contributed by atoms with Crippen molar-refractivity contribution in [1.82, 2.24) is 4.90 Å². The quantitative estimate of drug-likeness (QED) is 0.670. The molecule has 0 atom stereocenters. The Labute approximate surface area is 115 Å². The summed E-state index contributed by atoms with van der Waals surface area (Å²) in [6.07, 6.45) is 2.41. The first-order chi connectivity index (χ1) is 9.19. The van der Waals surface area contributed by atoms with Crippen LogP contribution in [0.3, 0.4) is 0 Å². The highest BCUT2D eigenvalue weighted by molar-refractivity contribution is 5.78. The number of aliphatic imine (C=N–C) groups is 1. The summed E-state index contributed by atoms with van der Waals surface area (Å²) in [5.74, 6) is 2.33. The van der Waals surface area contributed by atoms with Gasteiger partial charge in [0, 0.05) is 13.1 Å². The van der Waals surface area contributed by atoms with Crippen molar-refractivity contribution in [2.75, 3.05) is 20.2 Å².